The van der Waals surface area contributed by atoms with E-state index in [-0.39, 0.29) is 11.5 Å². The Morgan fingerprint density at radius 3 is 2.59 bits per heavy atom. The van der Waals surface area contributed by atoms with Crippen LogP contribution >= 0.6 is 15.9 Å². The smallest absolute Gasteiger partial charge is 0.267 e. The van der Waals surface area contributed by atoms with Crippen LogP contribution in [0.15, 0.2) is 65.4 Å². The molecule has 0 aliphatic heterocycles. The van der Waals surface area contributed by atoms with Gasteiger partial charge in [0.15, 0.2) is 0 Å². The summed E-state index contributed by atoms with van der Waals surface area (Å²) >= 11 is 3.38. The van der Waals surface area contributed by atoms with Crippen LogP contribution in [0.25, 0.3) is 22.0 Å². The Morgan fingerprint density at radius 2 is 1.93 bits per heavy atom. The Morgan fingerprint density at radius 1 is 1.15 bits per heavy atom. The Balaban J connectivity index is 1.85. The zero-order valence-corrected chi connectivity index (χ0v) is 15.6. The molecule has 0 aliphatic carbocycles. The van der Waals surface area contributed by atoms with Crippen molar-refractivity contribution in [1.29, 1.82) is 0 Å². The van der Waals surface area contributed by atoms with Gasteiger partial charge in [-0.1, -0.05) is 24.3 Å². The van der Waals surface area contributed by atoms with Crippen molar-refractivity contribution in [3.8, 4) is 11.1 Å². The van der Waals surface area contributed by atoms with E-state index in [2.05, 4.69) is 26.0 Å². The molecule has 0 atom stereocenters. The Hall–Kier alpha value is -3.06. The van der Waals surface area contributed by atoms with Crippen LogP contribution in [0.5, 0.6) is 0 Å². The number of pyridine rings is 1. The number of rotatable bonds is 4. The van der Waals surface area contributed by atoms with Gasteiger partial charge in [-0.05, 0) is 56.9 Å². The zero-order valence-electron chi connectivity index (χ0n) is 14.1. The number of primary amides is 1. The molecule has 2 aromatic carbocycles. The molecule has 1 amide bonds. The number of nitrogens with two attached hydrogens (primary N) is 1. The van der Waals surface area contributed by atoms with Crippen molar-refractivity contribution in [2.45, 2.75) is 6.54 Å². The number of fused-ring (bicyclic) bond motifs is 1. The monoisotopic (exact) mass is 424 g/mol. The van der Waals surface area contributed by atoms with Crippen LogP contribution in [0.4, 0.5) is 4.39 Å². The minimum Gasteiger partial charge on any atom is -0.364 e. The van der Waals surface area contributed by atoms with E-state index in [4.69, 9.17) is 5.73 Å². The Labute approximate surface area is 162 Å². The molecule has 0 saturated heterocycles. The number of hydrogen-bond donors (Lipinski definition) is 1. The molecule has 0 bridgehead atoms. The van der Waals surface area contributed by atoms with Crippen LogP contribution in [0.2, 0.25) is 0 Å². The largest absolute Gasteiger partial charge is 0.364 e. The number of benzene rings is 2. The maximum atomic E-state index is 13.3. The molecule has 2 N–H and O–H groups in total. The van der Waals surface area contributed by atoms with E-state index in [0.717, 1.165) is 26.5 Å². The van der Waals surface area contributed by atoms with Gasteiger partial charge >= 0.3 is 0 Å². The first-order chi connectivity index (χ1) is 13.0. The molecule has 0 saturated carbocycles. The van der Waals surface area contributed by atoms with E-state index in [9.17, 15) is 9.18 Å². The second-order valence-electron chi connectivity index (χ2n) is 6.13. The van der Waals surface area contributed by atoms with Crippen LogP contribution in [0, 0.1) is 5.82 Å². The van der Waals surface area contributed by atoms with Gasteiger partial charge < -0.3 is 5.73 Å². The van der Waals surface area contributed by atoms with Crippen molar-refractivity contribution in [2.24, 2.45) is 5.73 Å². The predicted molar refractivity (Wildman–Crippen MR) is 105 cm³/mol. The summed E-state index contributed by atoms with van der Waals surface area (Å²) in [6.07, 6.45) is 3.60. The number of carbonyl (C=O) groups excluding carboxylic acids is 1. The van der Waals surface area contributed by atoms with E-state index < -0.39 is 5.91 Å². The van der Waals surface area contributed by atoms with Crippen molar-refractivity contribution in [2.75, 3.05) is 0 Å². The molecule has 2 aromatic heterocycles. The second-order valence-corrected chi connectivity index (χ2v) is 7.05. The molecule has 0 fully saturated rings. The molecule has 134 valence electrons. The third kappa shape index (κ3) is 3.59. The van der Waals surface area contributed by atoms with E-state index in [1.807, 2.05) is 24.4 Å². The molecule has 27 heavy (non-hydrogen) atoms. The molecular weight excluding hydrogens is 411 g/mol. The average Bonchev–Trinajstić information content (AvgIpc) is 3.06. The fraction of sp³-hybridized carbons (Fsp3) is 0.0500. The summed E-state index contributed by atoms with van der Waals surface area (Å²) in [6.45, 7) is 0.565. The lowest BCUT2D eigenvalue weighted by atomic mass is 9.98. The average molecular weight is 425 g/mol. The molecule has 4 rings (SSSR count). The van der Waals surface area contributed by atoms with Gasteiger partial charge in [-0.2, -0.15) is 5.10 Å². The van der Waals surface area contributed by atoms with Crippen LogP contribution in [-0.2, 0) is 6.54 Å². The standard InChI is InChI=1S/C20H14BrFN4O/c21-14-9-24-26(11-14)10-12-1-6-16-17(13-2-4-15(22)5-3-13)8-19(20(23)27)25-18(16)7-12/h1-9,11H,10H2,(H2,23,27). The topological polar surface area (TPSA) is 73.8 Å². The number of carbonyl (C=O) groups is 1. The van der Waals surface area contributed by atoms with Gasteiger partial charge in [-0.25, -0.2) is 9.37 Å². The lowest BCUT2D eigenvalue weighted by molar-refractivity contribution is 0.0996. The molecule has 0 unspecified atom stereocenters. The fourth-order valence-corrected chi connectivity index (χ4v) is 3.31. The molecule has 4 aromatic rings. The second kappa shape index (κ2) is 6.92. The van der Waals surface area contributed by atoms with Gasteiger partial charge in [-0.15, -0.1) is 0 Å². The summed E-state index contributed by atoms with van der Waals surface area (Å²) in [5.74, 6) is -0.929. The van der Waals surface area contributed by atoms with Crippen molar-refractivity contribution in [3.63, 3.8) is 0 Å². The molecule has 7 heteroatoms. The highest BCUT2D eigenvalue weighted by Crippen LogP contribution is 2.29. The molecule has 0 spiro atoms. The third-order valence-corrected chi connectivity index (χ3v) is 4.64. The third-order valence-electron chi connectivity index (χ3n) is 4.23. The van der Waals surface area contributed by atoms with Gasteiger partial charge in [-0.3, -0.25) is 9.48 Å². The number of nitrogens with zero attached hydrogens (tertiary/aromatic N) is 3. The van der Waals surface area contributed by atoms with E-state index in [1.54, 1.807) is 29.1 Å². The van der Waals surface area contributed by atoms with E-state index in [1.165, 1.54) is 12.1 Å². The highest BCUT2D eigenvalue weighted by molar-refractivity contribution is 9.10. The zero-order chi connectivity index (χ0) is 19.0. The first kappa shape index (κ1) is 17.4. The molecule has 0 radical (unpaired) electrons. The molecule has 5 nitrogen and oxygen atoms in total. The number of amides is 1. The summed E-state index contributed by atoms with van der Waals surface area (Å²) in [7, 11) is 0. The van der Waals surface area contributed by atoms with Crippen LogP contribution in [0.3, 0.4) is 0 Å². The predicted octanol–water partition coefficient (Wildman–Crippen LogP) is 4.15. The summed E-state index contributed by atoms with van der Waals surface area (Å²) in [5, 5.41) is 5.11. The minimum atomic E-state index is -0.610. The first-order valence-electron chi connectivity index (χ1n) is 8.17. The normalized spacial score (nSPS) is 11.0. The summed E-state index contributed by atoms with van der Waals surface area (Å²) in [6, 6.07) is 13.6. The van der Waals surface area contributed by atoms with E-state index in [0.29, 0.717) is 12.1 Å². The van der Waals surface area contributed by atoms with E-state index >= 15 is 0 Å². The molecule has 2 heterocycles. The number of halogens is 2. The van der Waals surface area contributed by atoms with Crippen molar-refractivity contribution in [3.05, 3.63) is 82.5 Å². The minimum absolute atomic E-state index is 0.167. The highest BCUT2D eigenvalue weighted by atomic mass is 79.9. The van der Waals surface area contributed by atoms with Gasteiger partial charge in [0, 0.05) is 11.6 Å². The van der Waals surface area contributed by atoms with Crippen LogP contribution in [0.1, 0.15) is 16.1 Å². The van der Waals surface area contributed by atoms with Crippen molar-refractivity contribution < 1.29 is 9.18 Å². The Kier molecular flexibility index (Phi) is 4.45. The first-order valence-corrected chi connectivity index (χ1v) is 8.96. The van der Waals surface area contributed by atoms with Gasteiger partial charge in [0.1, 0.15) is 11.5 Å². The summed E-state index contributed by atoms with van der Waals surface area (Å²) < 4.78 is 16.0. The van der Waals surface area contributed by atoms with Crippen LogP contribution in [-0.4, -0.2) is 20.7 Å². The lowest BCUT2D eigenvalue weighted by Crippen LogP contribution is -2.13. The summed E-state index contributed by atoms with van der Waals surface area (Å²) in [4.78, 5) is 16.1. The van der Waals surface area contributed by atoms with Crippen molar-refractivity contribution in [1.82, 2.24) is 14.8 Å². The maximum absolute atomic E-state index is 13.3. The SMILES string of the molecule is NC(=O)c1cc(-c2ccc(F)cc2)c2ccc(Cn3cc(Br)cn3)cc2n1. The quantitative estimate of drug-likeness (QED) is 0.534. The molecular formula is C20H14BrFN4O. The Bertz CT molecular complexity index is 1150. The van der Waals surface area contributed by atoms with Gasteiger partial charge in [0.2, 0.25) is 0 Å². The fourth-order valence-electron chi connectivity index (χ4n) is 2.98. The van der Waals surface area contributed by atoms with Crippen LogP contribution < -0.4 is 5.73 Å². The molecule has 0 aliphatic rings. The van der Waals surface area contributed by atoms with Gasteiger partial charge in [0.25, 0.3) is 5.91 Å². The van der Waals surface area contributed by atoms with Gasteiger partial charge in [0.05, 0.1) is 22.7 Å². The number of aromatic nitrogens is 3. The van der Waals surface area contributed by atoms with Crippen molar-refractivity contribution >= 4 is 32.7 Å². The maximum Gasteiger partial charge on any atom is 0.267 e. The lowest BCUT2D eigenvalue weighted by Gasteiger charge is -2.10. The highest BCUT2D eigenvalue weighted by Gasteiger charge is 2.12. The summed E-state index contributed by atoms with van der Waals surface area (Å²) in [5.41, 5.74) is 8.82. The number of hydrogen-bond acceptors (Lipinski definition) is 3.